The van der Waals surface area contributed by atoms with Gasteiger partial charge in [-0.1, -0.05) is 17.4 Å². The average Bonchev–Trinajstić information content (AvgIpc) is 3.66. The number of aromatic nitrogens is 1. The summed E-state index contributed by atoms with van der Waals surface area (Å²) in [6.45, 7) is 0.914. The van der Waals surface area contributed by atoms with Gasteiger partial charge in [0, 0.05) is 30.6 Å². The highest BCUT2D eigenvalue weighted by atomic mass is 32.2. The zero-order valence-corrected chi connectivity index (χ0v) is 22.2. The molecule has 1 fully saturated rings. The molecule has 1 aliphatic rings. The summed E-state index contributed by atoms with van der Waals surface area (Å²) >= 11 is 2.59. The molecule has 2 aromatic heterocycles. The van der Waals surface area contributed by atoms with Crippen LogP contribution in [0.2, 0.25) is 0 Å². The fraction of sp³-hybridized carbons (Fsp3) is 0.240. The van der Waals surface area contributed by atoms with Gasteiger partial charge in [-0.25, -0.2) is 17.8 Å². The number of benzene rings is 2. The maximum Gasteiger partial charge on any atom is 0.280 e. The minimum Gasteiger partial charge on any atom is -0.377 e. The predicted molar refractivity (Wildman–Crippen MR) is 144 cm³/mol. The molecule has 0 bridgehead atoms. The molecule has 4 aromatic rings. The molecule has 1 atom stereocenters. The van der Waals surface area contributed by atoms with Gasteiger partial charge in [0.15, 0.2) is 0 Å². The number of halogens is 1. The third-order valence-electron chi connectivity index (χ3n) is 5.85. The summed E-state index contributed by atoms with van der Waals surface area (Å²) in [5.41, 5.74) is 0.774. The van der Waals surface area contributed by atoms with Gasteiger partial charge in [0.1, 0.15) is 5.82 Å². The number of carbonyl (C=O) groups excluding carboxylic acids is 1. The number of rotatable bonds is 8. The van der Waals surface area contributed by atoms with E-state index in [-0.39, 0.29) is 28.2 Å². The summed E-state index contributed by atoms with van der Waals surface area (Å²) in [5.74, 6) is -0.895. The van der Waals surface area contributed by atoms with Crippen molar-refractivity contribution in [3.8, 4) is 0 Å². The highest BCUT2D eigenvalue weighted by molar-refractivity contribution is 7.89. The number of hydrogen-bond acceptors (Lipinski definition) is 8. The predicted octanol–water partition coefficient (Wildman–Crippen LogP) is 4.98. The van der Waals surface area contributed by atoms with Crippen molar-refractivity contribution in [3.63, 3.8) is 0 Å². The summed E-state index contributed by atoms with van der Waals surface area (Å²) in [6, 6.07) is 13.7. The molecule has 1 saturated heterocycles. The van der Waals surface area contributed by atoms with Crippen molar-refractivity contribution in [2.75, 3.05) is 25.2 Å². The van der Waals surface area contributed by atoms with Gasteiger partial charge in [-0.05, 0) is 66.8 Å². The zero-order chi connectivity index (χ0) is 26.0. The van der Waals surface area contributed by atoms with Crippen molar-refractivity contribution in [2.24, 2.45) is 5.10 Å². The summed E-state index contributed by atoms with van der Waals surface area (Å²) in [6.07, 6.45) is 3.18. The minimum atomic E-state index is -3.75. The van der Waals surface area contributed by atoms with Crippen molar-refractivity contribution in [1.82, 2.24) is 9.29 Å². The van der Waals surface area contributed by atoms with Gasteiger partial charge in [-0.3, -0.25) is 4.79 Å². The summed E-state index contributed by atoms with van der Waals surface area (Å²) in [5, 5.41) is 7.68. The van der Waals surface area contributed by atoms with E-state index in [0.29, 0.717) is 16.8 Å². The largest absolute Gasteiger partial charge is 0.377 e. The third kappa shape index (κ3) is 5.63. The van der Waals surface area contributed by atoms with Crippen LogP contribution in [-0.4, -0.2) is 56.1 Å². The monoisotopic (exact) mass is 558 g/mol. The lowest BCUT2D eigenvalue weighted by atomic mass is 10.2. The van der Waals surface area contributed by atoms with Crippen LogP contribution < -0.4 is 5.01 Å². The highest BCUT2D eigenvalue weighted by Crippen LogP contribution is 2.31. The van der Waals surface area contributed by atoms with E-state index in [9.17, 15) is 17.6 Å². The molecule has 1 unspecified atom stereocenters. The van der Waals surface area contributed by atoms with E-state index in [1.807, 2.05) is 17.5 Å². The molecule has 37 heavy (non-hydrogen) atoms. The third-order valence-corrected chi connectivity index (χ3v) is 9.49. The van der Waals surface area contributed by atoms with E-state index in [4.69, 9.17) is 4.74 Å². The molecule has 0 N–H and O–H groups in total. The maximum absolute atomic E-state index is 13.7. The Bertz CT molecular complexity index is 1530. The molecule has 3 heterocycles. The van der Waals surface area contributed by atoms with E-state index in [2.05, 4.69) is 10.1 Å². The van der Waals surface area contributed by atoms with Crippen LogP contribution >= 0.6 is 22.7 Å². The minimum absolute atomic E-state index is 0.0775. The normalized spacial score (nSPS) is 16.2. The molecule has 12 heteroatoms. The van der Waals surface area contributed by atoms with E-state index >= 15 is 0 Å². The number of nitrogens with zero attached hydrogens (tertiary/aromatic N) is 4. The van der Waals surface area contributed by atoms with Crippen LogP contribution in [0, 0.1) is 5.82 Å². The topological polar surface area (TPSA) is 92.2 Å². The maximum atomic E-state index is 13.7. The fourth-order valence-corrected chi connectivity index (χ4v) is 6.62. The lowest BCUT2D eigenvalue weighted by Crippen LogP contribution is -2.34. The molecule has 0 saturated carbocycles. The number of thiazole rings is 1. The lowest BCUT2D eigenvalue weighted by molar-refractivity contribution is 0.0978. The Hall–Kier alpha value is -3.03. The van der Waals surface area contributed by atoms with Crippen molar-refractivity contribution in [1.29, 1.82) is 0 Å². The number of carbonyl (C=O) groups is 1. The molecular weight excluding hydrogens is 535 g/mol. The second-order valence-corrected chi connectivity index (χ2v) is 12.5. The van der Waals surface area contributed by atoms with E-state index < -0.39 is 21.7 Å². The number of ether oxygens (including phenoxy) is 1. The number of amides is 1. The number of sulfonamides is 1. The SMILES string of the molecule is CN(CC1CCCO1)S(=O)(=O)c1ccc(C(=O)N(/N=C/c2cccs2)c2nc3ccc(F)cc3s2)cc1. The van der Waals surface area contributed by atoms with Crippen molar-refractivity contribution in [3.05, 3.63) is 76.2 Å². The Labute approximate surface area is 221 Å². The Morgan fingerprint density at radius 3 is 2.76 bits per heavy atom. The van der Waals surface area contributed by atoms with Crippen LogP contribution in [0.1, 0.15) is 28.1 Å². The second kappa shape index (κ2) is 10.8. The number of hydrazone groups is 1. The summed E-state index contributed by atoms with van der Waals surface area (Å²) < 4.78 is 47.2. The first kappa shape index (κ1) is 25.6. The van der Waals surface area contributed by atoms with Crippen molar-refractivity contribution >= 4 is 60.2 Å². The molecule has 1 amide bonds. The van der Waals surface area contributed by atoms with Crippen LogP contribution in [0.5, 0.6) is 0 Å². The number of fused-ring (bicyclic) bond motifs is 1. The first-order valence-electron chi connectivity index (χ1n) is 11.5. The molecule has 8 nitrogen and oxygen atoms in total. The molecule has 1 aliphatic heterocycles. The van der Waals surface area contributed by atoms with E-state index in [1.54, 1.807) is 12.3 Å². The molecular formula is C25H23FN4O4S3. The van der Waals surface area contributed by atoms with Crippen LogP contribution in [0.3, 0.4) is 0 Å². The van der Waals surface area contributed by atoms with Crippen molar-refractivity contribution in [2.45, 2.75) is 23.8 Å². The molecule has 5 rings (SSSR count). The Morgan fingerprint density at radius 2 is 2.05 bits per heavy atom. The van der Waals surface area contributed by atoms with E-state index in [1.165, 1.54) is 59.1 Å². The molecule has 0 spiro atoms. The Balaban J connectivity index is 1.42. The number of likely N-dealkylation sites (N-methyl/N-ethyl adjacent to an activating group) is 1. The smallest absolute Gasteiger partial charge is 0.280 e. The van der Waals surface area contributed by atoms with Crippen molar-refractivity contribution < 1.29 is 22.3 Å². The molecule has 0 aliphatic carbocycles. The van der Waals surface area contributed by atoms with Gasteiger partial charge in [0.2, 0.25) is 15.2 Å². The lowest BCUT2D eigenvalue weighted by Gasteiger charge is -2.20. The number of anilines is 1. The number of hydrogen-bond donors (Lipinski definition) is 0. The van der Waals surface area contributed by atoms with Gasteiger partial charge in [0.25, 0.3) is 5.91 Å². The Morgan fingerprint density at radius 1 is 1.24 bits per heavy atom. The Kier molecular flexibility index (Phi) is 7.45. The van der Waals surface area contributed by atoms with Crippen LogP contribution in [0.25, 0.3) is 10.2 Å². The second-order valence-electron chi connectivity index (χ2n) is 8.43. The standard InChI is InChI=1S/C25H23FN4O4S3/c1-29(16-19-4-2-12-34-19)37(32,33)21-9-6-17(7-10-21)24(31)30(27-15-20-5-3-13-35-20)25-28-22-11-8-18(26)14-23(22)36-25/h3,5-11,13-15,19H,2,4,12,16H2,1H3/b27-15+. The van der Waals surface area contributed by atoms with E-state index in [0.717, 1.165) is 34.1 Å². The van der Waals surface area contributed by atoms with Gasteiger partial charge in [0.05, 0.1) is 27.4 Å². The summed E-state index contributed by atoms with van der Waals surface area (Å²) in [7, 11) is -2.23. The fourth-order valence-electron chi connectivity index (χ4n) is 3.89. The summed E-state index contributed by atoms with van der Waals surface area (Å²) in [4.78, 5) is 18.9. The van der Waals surface area contributed by atoms with Gasteiger partial charge >= 0.3 is 0 Å². The highest BCUT2D eigenvalue weighted by Gasteiger charge is 2.27. The average molecular weight is 559 g/mol. The van der Waals surface area contributed by atoms with Crippen LogP contribution in [0.4, 0.5) is 9.52 Å². The van der Waals surface area contributed by atoms with Gasteiger partial charge < -0.3 is 4.74 Å². The van der Waals surface area contributed by atoms with Crippen LogP contribution in [-0.2, 0) is 14.8 Å². The molecule has 192 valence electrons. The first-order chi connectivity index (χ1) is 17.8. The van der Waals surface area contributed by atoms with Gasteiger partial charge in [-0.2, -0.15) is 14.4 Å². The number of thiophene rings is 1. The first-order valence-corrected chi connectivity index (χ1v) is 14.6. The van der Waals surface area contributed by atoms with Crippen LogP contribution in [0.15, 0.2) is 70.0 Å². The molecule has 2 aromatic carbocycles. The zero-order valence-electron chi connectivity index (χ0n) is 19.8. The molecule has 0 radical (unpaired) electrons. The van der Waals surface area contributed by atoms with Gasteiger partial charge in [-0.15, -0.1) is 11.3 Å². The quantitative estimate of drug-likeness (QED) is 0.225.